The average molecular weight is 262 g/mol. The van der Waals surface area contributed by atoms with E-state index in [0.717, 1.165) is 0 Å². The van der Waals surface area contributed by atoms with Crippen molar-refractivity contribution in [2.75, 3.05) is 0 Å². The van der Waals surface area contributed by atoms with E-state index in [1.54, 1.807) is 20.8 Å². The minimum Gasteiger partial charge on any atom is -0.481 e. The van der Waals surface area contributed by atoms with Gasteiger partial charge >= 0.3 is 23.9 Å². The molecule has 0 aromatic rings. The van der Waals surface area contributed by atoms with Crippen LogP contribution in [0.15, 0.2) is 0 Å². The van der Waals surface area contributed by atoms with E-state index in [2.05, 4.69) is 4.74 Å². The molecule has 1 aliphatic rings. The van der Waals surface area contributed by atoms with Crippen molar-refractivity contribution in [2.45, 2.75) is 40.0 Å². The normalized spacial score (nSPS) is 16.7. The Balaban J connectivity index is 0. The molecule has 1 heterocycles. The standard InChI is InChI=1S/C5H6O3.2C3H6O2/c1-3-2-4(6)8-5(3)7;2*1-2-3(4)5/h3H,2H2,1H3;2*2H2,1H3,(H,4,5). The lowest BCUT2D eigenvalue weighted by Crippen LogP contribution is -2.01. The van der Waals surface area contributed by atoms with Crippen LogP contribution < -0.4 is 0 Å². The van der Waals surface area contributed by atoms with Crippen LogP contribution in [-0.4, -0.2) is 34.1 Å². The van der Waals surface area contributed by atoms with E-state index in [1.165, 1.54) is 0 Å². The molecule has 2 N–H and O–H groups in total. The Morgan fingerprint density at radius 3 is 1.56 bits per heavy atom. The molecule has 0 saturated carbocycles. The number of carbonyl (C=O) groups is 4. The maximum atomic E-state index is 10.3. The van der Waals surface area contributed by atoms with Crippen molar-refractivity contribution >= 4 is 23.9 Å². The molecule has 7 nitrogen and oxygen atoms in total. The summed E-state index contributed by atoms with van der Waals surface area (Å²) >= 11 is 0. The first kappa shape index (κ1) is 18.4. The zero-order valence-corrected chi connectivity index (χ0v) is 10.6. The van der Waals surface area contributed by atoms with Gasteiger partial charge in [-0.2, -0.15) is 0 Å². The Morgan fingerprint density at radius 2 is 1.50 bits per heavy atom. The van der Waals surface area contributed by atoms with Gasteiger partial charge in [0.25, 0.3) is 0 Å². The van der Waals surface area contributed by atoms with E-state index in [9.17, 15) is 19.2 Å². The number of hydrogen-bond donors (Lipinski definition) is 2. The lowest BCUT2D eigenvalue weighted by atomic mass is 10.1. The molecule has 1 aliphatic heterocycles. The monoisotopic (exact) mass is 262 g/mol. The number of hydrogen-bond acceptors (Lipinski definition) is 5. The summed E-state index contributed by atoms with van der Waals surface area (Å²) in [4.78, 5) is 39.3. The first-order chi connectivity index (χ1) is 8.24. The SMILES string of the molecule is CC1CC(=O)OC1=O.CCC(=O)O.CCC(=O)O. The maximum absolute atomic E-state index is 10.3. The lowest BCUT2D eigenvalue weighted by Gasteiger charge is -1.86. The second kappa shape index (κ2) is 10.2. The fourth-order valence-electron chi connectivity index (χ4n) is 0.588. The Kier molecular flexibility index (Phi) is 10.5. The molecule has 0 spiro atoms. The molecule has 1 saturated heterocycles. The number of rotatable bonds is 2. The number of cyclic esters (lactones) is 2. The third-order valence-electron chi connectivity index (χ3n) is 1.69. The molecule has 0 amide bonds. The quantitative estimate of drug-likeness (QED) is 0.564. The summed E-state index contributed by atoms with van der Waals surface area (Å²) in [6.45, 7) is 4.87. The predicted molar refractivity (Wildman–Crippen MR) is 60.7 cm³/mol. The van der Waals surface area contributed by atoms with Crippen molar-refractivity contribution in [2.24, 2.45) is 5.92 Å². The van der Waals surface area contributed by atoms with Crippen LogP contribution in [0.25, 0.3) is 0 Å². The molecule has 7 heteroatoms. The van der Waals surface area contributed by atoms with Gasteiger partial charge in [-0.1, -0.05) is 20.8 Å². The van der Waals surface area contributed by atoms with Crippen LogP contribution in [0.2, 0.25) is 0 Å². The molecule has 0 aromatic carbocycles. The zero-order chi connectivity index (χ0) is 14.7. The van der Waals surface area contributed by atoms with Gasteiger partial charge in [-0.3, -0.25) is 19.2 Å². The molecule has 104 valence electrons. The number of carboxylic acid groups (broad SMARTS) is 2. The van der Waals surface area contributed by atoms with Gasteiger partial charge in [0, 0.05) is 12.8 Å². The van der Waals surface area contributed by atoms with Crippen LogP contribution in [0, 0.1) is 5.92 Å². The smallest absolute Gasteiger partial charge is 0.316 e. The minimum absolute atomic E-state index is 0.220. The molecule has 0 aliphatic carbocycles. The van der Waals surface area contributed by atoms with Crippen molar-refractivity contribution in [3.05, 3.63) is 0 Å². The van der Waals surface area contributed by atoms with Gasteiger partial charge in [-0.15, -0.1) is 0 Å². The lowest BCUT2D eigenvalue weighted by molar-refractivity contribution is -0.153. The maximum Gasteiger partial charge on any atom is 0.316 e. The van der Waals surface area contributed by atoms with E-state index in [1.807, 2.05) is 0 Å². The molecule has 1 rings (SSSR count). The Hall–Kier alpha value is -1.92. The van der Waals surface area contributed by atoms with Crippen molar-refractivity contribution in [3.63, 3.8) is 0 Å². The van der Waals surface area contributed by atoms with Crippen LogP contribution in [0.4, 0.5) is 0 Å². The second-order valence-corrected chi connectivity index (χ2v) is 3.39. The van der Waals surface area contributed by atoms with E-state index < -0.39 is 23.9 Å². The van der Waals surface area contributed by atoms with E-state index >= 15 is 0 Å². The van der Waals surface area contributed by atoms with Crippen LogP contribution in [0.1, 0.15) is 40.0 Å². The van der Waals surface area contributed by atoms with Crippen LogP contribution in [0.3, 0.4) is 0 Å². The van der Waals surface area contributed by atoms with Gasteiger partial charge in [0.05, 0.1) is 12.3 Å². The molecule has 18 heavy (non-hydrogen) atoms. The molecular formula is C11H18O7. The number of esters is 2. The summed E-state index contributed by atoms with van der Waals surface area (Å²) in [5.74, 6) is -2.50. The van der Waals surface area contributed by atoms with Crippen LogP contribution in [0.5, 0.6) is 0 Å². The highest BCUT2D eigenvalue weighted by molar-refractivity contribution is 5.94. The summed E-state index contributed by atoms with van der Waals surface area (Å²) in [5, 5.41) is 15.4. The van der Waals surface area contributed by atoms with Gasteiger partial charge in [-0.25, -0.2) is 0 Å². The van der Waals surface area contributed by atoms with Crippen molar-refractivity contribution in [1.29, 1.82) is 0 Å². The second-order valence-electron chi connectivity index (χ2n) is 3.39. The van der Waals surface area contributed by atoms with Crippen molar-refractivity contribution < 1.29 is 34.1 Å². The first-order valence-electron chi connectivity index (χ1n) is 5.42. The van der Waals surface area contributed by atoms with Gasteiger partial charge in [-0.05, 0) is 0 Å². The third kappa shape index (κ3) is 12.2. The highest BCUT2D eigenvalue weighted by atomic mass is 16.6. The predicted octanol–water partition coefficient (Wildman–Crippen LogP) is 1.06. The highest BCUT2D eigenvalue weighted by Crippen LogP contribution is 2.13. The first-order valence-corrected chi connectivity index (χ1v) is 5.42. The fourth-order valence-corrected chi connectivity index (χ4v) is 0.588. The highest BCUT2D eigenvalue weighted by Gasteiger charge is 2.28. The Bertz CT molecular complexity index is 295. The van der Waals surface area contributed by atoms with Crippen LogP contribution in [-0.2, 0) is 23.9 Å². The average Bonchev–Trinajstić information content (AvgIpc) is 2.57. The summed E-state index contributed by atoms with van der Waals surface area (Å²) in [5.41, 5.74) is 0. The fraction of sp³-hybridized carbons (Fsp3) is 0.636. The van der Waals surface area contributed by atoms with Crippen molar-refractivity contribution in [3.8, 4) is 0 Å². The van der Waals surface area contributed by atoms with E-state index in [4.69, 9.17) is 10.2 Å². The number of carbonyl (C=O) groups excluding carboxylic acids is 2. The topological polar surface area (TPSA) is 118 Å². The van der Waals surface area contributed by atoms with Gasteiger partial charge in [0.1, 0.15) is 0 Å². The third-order valence-corrected chi connectivity index (χ3v) is 1.69. The van der Waals surface area contributed by atoms with E-state index in [0.29, 0.717) is 0 Å². The van der Waals surface area contributed by atoms with Crippen molar-refractivity contribution in [1.82, 2.24) is 0 Å². The molecule has 0 aromatic heterocycles. The molecular weight excluding hydrogens is 244 g/mol. The number of aliphatic carboxylic acids is 2. The number of ether oxygens (including phenoxy) is 1. The Labute approximate surface area is 105 Å². The molecule has 1 fully saturated rings. The Morgan fingerprint density at radius 1 is 1.17 bits per heavy atom. The largest absolute Gasteiger partial charge is 0.481 e. The summed E-state index contributed by atoms with van der Waals surface area (Å²) in [6, 6.07) is 0. The van der Waals surface area contributed by atoms with Gasteiger partial charge in [0.15, 0.2) is 0 Å². The molecule has 1 unspecified atom stereocenters. The van der Waals surface area contributed by atoms with Gasteiger partial charge < -0.3 is 14.9 Å². The zero-order valence-electron chi connectivity index (χ0n) is 10.6. The summed E-state index contributed by atoms with van der Waals surface area (Å²) < 4.78 is 4.20. The number of carboxylic acids is 2. The van der Waals surface area contributed by atoms with Gasteiger partial charge in [0.2, 0.25) is 0 Å². The van der Waals surface area contributed by atoms with Crippen LogP contribution >= 0.6 is 0 Å². The molecule has 0 radical (unpaired) electrons. The minimum atomic E-state index is -0.745. The molecule has 1 atom stereocenters. The molecule has 0 bridgehead atoms. The summed E-state index contributed by atoms with van der Waals surface area (Å²) in [6.07, 6.45) is 0.693. The summed E-state index contributed by atoms with van der Waals surface area (Å²) in [7, 11) is 0. The van der Waals surface area contributed by atoms with E-state index in [-0.39, 0.29) is 25.2 Å².